The number of nitrogens with one attached hydrogen (secondary N) is 1. The van der Waals surface area contributed by atoms with E-state index in [1.807, 2.05) is 6.92 Å². The maximum Gasteiger partial charge on any atom is 0.240 e. The van der Waals surface area contributed by atoms with E-state index >= 15 is 0 Å². The Morgan fingerprint density at radius 3 is 2.50 bits per heavy atom. The van der Waals surface area contributed by atoms with E-state index < -0.39 is 10.0 Å². The number of hydrogen-bond acceptors (Lipinski definition) is 4. The van der Waals surface area contributed by atoms with Crippen molar-refractivity contribution in [1.82, 2.24) is 4.72 Å². The maximum atomic E-state index is 12.5. The van der Waals surface area contributed by atoms with Gasteiger partial charge in [0, 0.05) is 12.6 Å². The second-order valence-electron chi connectivity index (χ2n) is 5.64. The van der Waals surface area contributed by atoms with Gasteiger partial charge < -0.3 is 10.5 Å². The average Bonchev–Trinajstić information content (AvgIpc) is 2.98. The topological polar surface area (TPSA) is 81.4 Å². The molecule has 5 nitrogen and oxygen atoms in total. The molecule has 126 valence electrons. The highest BCUT2D eigenvalue weighted by atomic mass is 35.5. The van der Waals surface area contributed by atoms with Crippen LogP contribution in [-0.2, 0) is 10.0 Å². The van der Waals surface area contributed by atoms with E-state index in [4.69, 9.17) is 10.5 Å². The fraction of sp³-hybridized carbons (Fsp3) is 0.600. The van der Waals surface area contributed by atoms with Gasteiger partial charge in [0.15, 0.2) is 0 Å². The summed E-state index contributed by atoms with van der Waals surface area (Å²) in [5, 5.41) is 0. The molecule has 22 heavy (non-hydrogen) atoms. The Bertz CT molecular complexity index is 586. The van der Waals surface area contributed by atoms with E-state index in [0.29, 0.717) is 18.2 Å². The van der Waals surface area contributed by atoms with Crippen molar-refractivity contribution in [2.24, 2.45) is 11.7 Å². The summed E-state index contributed by atoms with van der Waals surface area (Å²) in [5.74, 6) is 1.03. The van der Waals surface area contributed by atoms with Crippen LogP contribution < -0.4 is 15.2 Å². The van der Waals surface area contributed by atoms with Crippen molar-refractivity contribution >= 4 is 22.4 Å². The lowest BCUT2D eigenvalue weighted by Gasteiger charge is -2.23. The highest BCUT2D eigenvalue weighted by molar-refractivity contribution is 7.89. The minimum atomic E-state index is -3.54. The van der Waals surface area contributed by atoms with Crippen LogP contribution in [0.1, 0.15) is 31.2 Å². The fourth-order valence-electron chi connectivity index (χ4n) is 2.98. The molecule has 0 aromatic heterocycles. The van der Waals surface area contributed by atoms with Crippen molar-refractivity contribution < 1.29 is 13.2 Å². The predicted octanol–water partition coefficient (Wildman–Crippen LogP) is 2.22. The number of aryl methyl sites for hydroxylation is 1. The molecular weight excluding hydrogens is 324 g/mol. The van der Waals surface area contributed by atoms with E-state index in [2.05, 4.69) is 4.72 Å². The van der Waals surface area contributed by atoms with Gasteiger partial charge in [-0.05, 0) is 49.4 Å². The molecule has 1 aromatic carbocycles. The smallest absolute Gasteiger partial charge is 0.240 e. The molecule has 1 fully saturated rings. The highest BCUT2D eigenvalue weighted by Crippen LogP contribution is 2.28. The number of sulfonamides is 1. The molecule has 1 aromatic rings. The van der Waals surface area contributed by atoms with Crippen molar-refractivity contribution in [3.8, 4) is 5.75 Å². The summed E-state index contributed by atoms with van der Waals surface area (Å²) < 4.78 is 32.9. The molecule has 0 heterocycles. The maximum absolute atomic E-state index is 12.5. The first-order valence-electron chi connectivity index (χ1n) is 7.35. The largest absolute Gasteiger partial charge is 0.496 e. The van der Waals surface area contributed by atoms with Gasteiger partial charge in [-0.25, -0.2) is 13.1 Å². The molecule has 1 aliphatic carbocycles. The summed E-state index contributed by atoms with van der Waals surface area (Å²) in [6.07, 6.45) is 4.41. The standard InChI is InChI=1S/C15H24N2O3S.ClH/c1-11-9-13(7-8-15(11)20-2)21(18,19)17-14(10-16)12-5-3-4-6-12;/h7-9,12,14,17H,3-6,10,16H2,1-2H3;1H. The average molecular weight is 349 g/mol. The summed E-state index contributed by atoms with van der Waals surface area (Å²) >= 11 is 0. The normalized spacial score (nSPS) is 17.0. The van der Waals surface area contributed by atoms with Gasteiger partial charge in [-0.3, -0.25) is 0 Å². The molecule has 0 aliphatic heterocycles. The number of halogens is 1. The highest BCUT2D eigenvalue weighted by Gasteiger charge is 2.28. The Hall–Kier alpha value is -0.820. The van der Waals surface area contributed by atoms with Crippen molar-refractivity contribution in [3.63, 3.8) is 0 Å². The summed E-state index contributed by atoms with van der Waals surface area (Å²) in [6, 6.07) is 4.69. The molecular formula is C15H25ClN2O3S. The third-order valence-corrected chi connectivity index (χ3v) is 5.69. The quantitative estimate of drug-likeness (QED) is 0.825. The van der Waals surface area contributed by atoms with E-state index in [-0.39, 0.29) is 23.3 Å². The number of nitrogens with two attached hydrogens (primary N) is 1. The zero-order valence-corrected chi connectivity index (χ0v) is 14.7. The number of hydrogen-bond donors (Lipinski definition) is 2. The lowest BCUT2D eigenvalue weighted by molar-refractivity contribution is 0.405. The first-order valence-corrected chi connectivity index (χ1v) is 8.83. The Kier molecular flexibility index (Phi) is 7.12. The molecule has 1 aliphatic rings. The summed E-state index contributed by atoms with van der Waals surface area (Å²) in [4.78, 5) is 0.261. The van der Waals surface area contributed by atoms with Gasteiger partial charge in [0.05, 0.1) is 12.0 Å². The fourth-order valence-corrected chi connectivity index (χ4v) is 4.38. The van der Waals surface area contributed by atoms with Gasteiger partial charge in [-0.15, -0.1) is 12.4 Å². The van der Waals surface area contributed by atoms with Crippen LogP contribution in [0.3, 0.4) is 0 Å². The van der Waals surface area contributed by atoms with Crippen molar-refractivity contribution in [1.29, 1.82) is 0 Å². The van der Waals surface area contributed by atoms with E-state index in [1.165, 1.54) is 0 Å². The van der Waals surface area contributed by atoms with E-state index in [1.54, 1.807) is 25.3 Å². The Labute approximate surface area is 139 Å². The zero-order valence-electron chi connectivity index (χ0n) is 13.0. The molecule has 1 atom stereocenters. The molecule has 1 unspecified atom stereocenters. The number of rotatable bonds is 6. The first kappa shape index (κ1) is 19.2. The molecule has 1 saturated carbocycles. The molecule has 0 amide bonds. The van der Waals surface area contributed by atoms with Gasteiger partial charge in [0.2, 0.25) is 10.0 Å². The number of methoxy groups -OCH3 is 1. The molecule has 0 spiro atoms. The lowest BCUT2D eigenvalue weighted by Crippen LogP contribution is -2.44. The Morgan fingerprint density at radius 1 is 1.36 bits per heavy atom. The van der Waals surface area contributed by atoms with Crippen molar-refractivity contribution in [2.45, 2.75) is 43.5 Å². The minimum absolute atomic E-state index is 0. The summed E-state index contributed by atoms with van der Waals surface area (Å²) in [6.45, 7) is 2.16. The monoisotopic (exact) mass is 348 g/mol. The predicted molar refractivity (Wildman–Crippen MR) is 90.1 cm³/mol. The van der Waals surface area contributed by atoms with Crippen molar-refractivity contribution in [3.05, 3.63) is 23.8 Å². The summed E-state index contributed by atoms with van der Waals surface area (Å²) in [7, 11) is -1.97. The molecule has 2 rings (SSSR count). The third kappa shape index (κ3) is 4.35. The van der Waals surface area contributed by atoms with E-state index in [0.717, 1.165) is 31.2 Å². The van der Waals surface area contributed by atoms with Gasteiger partial charge in [0.1, 0.15) is 5.75 Å². The SMILES string of the molecule is COc1ccc(S(=O)(=O)NC(CN)C2CCCC2)cc1C.Cl. The van der Waals surface area contributed by atoms with Crippen LogP contribution in [-0.4, -0.2) is 28.1 Å². The second-order valence-corrected chi connectivity index (χ2v) is 7.35. The first-order chi connectivity index (χ1) is 9.97. The molecule has 0 bridgehead atoms. The van der Waals surface area contributed by atoms with Gasteiger partial charge in [-0.1, -0.05) is 12.8 Å². The van der Waals surface area contributed by atoms with Gasteiger partial charge >= 0.3 is 0 Å². The van der Waals surface area contributed by atoms with Crippen LogP contribution in [0.15, 0.2) is 23.1 Å². The molecule has 0 saturated heterocycles. The molecule has 3 N–H and O–H groups in total. The van der Waals surface area contributed by atoms with Crippen LogP contribution in [0.2, 0.25) is 0 Å². The number of ether oxygens (including phenoxy) is 1. The molecule has 0 radical (unpaired) electrons. The summed E-state index contributed by atoms with van der Waals surface area (Å²) in [5.41, 5.74) is 6.56. The second kappa shape index (κ2) is 8.15. The van der Waals surface area contributed by atoms with Crippen LogP contribution in [0.25, 0.3) is 0 Å². The number of benzene rings is 1. The molecule has 7 heteroatoms. The van der Waals surface area contributed by atoms with Crippen LogP contribution in [0.5, 0.6) is 5.75 Å². The van der Waals surface area contributed by atoms with Crippen molar-refractivity contribution in [2.75, 3.05) is 13.7 Å². The Balaban J connectivity index is 0.00000242. The lowest BCUT2D eigenvalue weighted by atomic mass is 9.99. The van der Waals surface area contributed by atoms with Crippen LogP contribution in [0, 0.1) is 12.8 Å². The van der Waals surface area contributed by atoms with Crippen LogP contribution >= 0.6 is 12.4 Å². The van der Waals surface area contributed by atoms with E-state index in [9.17, 15) is 8.42 Å². The van der Waals surface area contributed by atoms with Gasteiger partial charge in [-0.2, -0.15) is 0 Å². The third-order valence-electron chi connectivity index (χ3n) is 4.21. The zero-order chi connectivity index (χ0) is 15.5. The van der Waals surface area contributed by atoms with Gasteiger partial charge in [0.25, 0.3) is 0 Å². The van der Waals surface area contributed by atoms with Crippen LogP contribution in [0.4, 0.5) is 0 Å². The minimum Gasteiger partial charge on any atom is -0.496 e. The Morgan fingerprint density at radius 2 is 2.00 bits per heavy atom.